The highest BCUT2D eigenvalue weighted by atomic mass is 32.2. The monoisotopic (exact) mass is 306 g/mol. The average molecular weight is 306 g/mol. The maximum atomic E-state index is 12.2. The Morgan fingerprint density at radius 1 is 1.00 bits per heavy atom. The second kappa shape index (κ2) is 5.97. The Labute approximate surface area is 123 Å². The van der Waals surface area contributed by atoms with E-state index in [-0.39, 0.29) is 16.4 Å². The lowest BCUT2D eigenvalue weighted by atomic mass is 10.2. The van der Waals surface area contributed by atoms with Crippen molar-refractivity contribution in [1.29, 1.82) is 0 Å². The van der Waals surface area contributed by atoms with Gasteiger partial charge in [0.1, 0.15) is 16.4 Å². The smallest absolute Gasteiger partial charge is 0.339 e. The van der Waals surface area contributed by atoms with E-state index in [1.165, 1.54) is 44.4 Å². The van der Waals surface area contributed by atoms with Gasteiger partial charge in [-0.05, 0) is 31.2 Å². The molecule has 0 aliphatic rings. The highest BCUT2D eigenvalue weighted by molar-refractivity contribution is 7.87. The SMILES string of the molecule is COc1cccc(OS(=O)(=O)c2cccc(C(C)=O)c2)c1. The second-order valence-corrected chi connectivity index (χ2v) is 5.85. The summed E-state index contributed by atoms with van der Waals surface area (Å²) >= 11 is 0. The largest absolute Gasteiger partial charge is 0.497 e. The van der Waals surface area contributed by atoms with E-state index in [1.807, 2.05) is 0 Å². The van der Waals surface area contributed by atoms with Crippen LogP contribution in [0.4, 0.5) is 0 Å². The molecule has 110 valence electrons. The van der Waals surface area contributed by atoms with Crippen molar-refractivity contribution in [3.05, 3.63) is 54.1 Å². The Kier molecular flexibility index (Phi) is 4.28. The Balaban J connectivity index is 2.33. The summed E-state index contributed by atoms with van der Waals surface area (Å²) in [6, 6.07) is 12.0. The van der Waals surface area contributed by atoms with E-state index >= 15 is 0 Å². The number of hydrogen-bond donors (Lipinski definition) is 0. The molecule has 0 fully saturated rings. The van der Waals surface area contributed by atoms with Gasteiger partial charge in [-0.15, -0.1) is 0 Å². The van der Waals surface area contributed by atoms with Gasteiger partial charge >= 0.3 is 10.1 Å². The van der Waals surface area contributed by atoms with Gasteiger partial charge in [0.15, 0.2) is 5.78 Å². The van der Waals surface area contributed by atoms with Gasteiger partial charge in [0.25, 0.3) is 0 Å². The van der Waals surface area contributed by atoms with Crippen LogP contribution in [0.5, 0.6) is 11.5 Å². The molecule has 2 aromatic rings. The predicted octanol–water partition coefficient (Wildman–Crippen LogP) is 2.67. The molecule has 0 heterocycles. The van der Waals surface area contributed by atoms with E-state index in [0.717, 1.165) is 0 Å². The zero-order chi connectivity index (χ0) is 15.5. The van der Waals surface area contributed by atoms with Crippen LogP contribution in [0.1, 0.15) is 17.3 Å². The first kappa shape index (κ1) is 15.1. The standard InChI is InChI=1S/C15H14O5S/c1-11(16)12-5-3-8-15(9-12)21(17,18)20-14-7-4-6-13(10-14)19-2/h3-10H,1-2H3. The van der Waals surface area contributed by atoms with Crippen molar-refractivity contribution in [3.8, 4) is 11.5 Å². The summed E-state index contributed by atoms with van der Waals surface area (Å²) in [7, 11) is -2.53. The van der Waals surface area contributed by atoms with Crippen molar-refractivity contribution in [2.45, 2.75) is 11.8 Å². The van der Waals surface area contributed by atoms with Gasteiger partial charge in [-0.2, -0.15) is 8.42 Å². The van der Waals surface area contributed by atoms with Crippen molar-refractivity contribution >= 4 is 15.9 Å². The van der Waals surface area contributed by atoms with Crippen molar-refractivity contribution in [1.82, 2.24) is 0 Å². The molecule has 0 saturated heterocycles. The molecule has 0 aromatic heterocycles. The molecular weight excluding hydrogens is 292 g/mol. The highest BCUT2D eigenvalue weighted by Gasteiger charge is 2.18. The van der Waals surface area contributed by atoms with Gasteiger partial charge in [-0.3, -0.25) is 4.79 Å². The fourth-order valence-electron chi connectivity index (χ4n) is 1.70. The lowest BCUT2D eigenvalue weighted by molar-refractivity contribution is 0.101. The molecule has 0 aliphatic carbocycles. The van der Waals surface area contributed by atoms with Crippen molar-refractivity contribution < 1.29 is 22.1 Å². The minimum absolute atomic E-state index is 0.0713. The normalized spacial score (nSPS) is 11.0. The van der Waals surface area contributed by atoms with Crippen LogP contribution in [0.3, 0.4) is 0 Å². The number of Topliss-reactive ketones (excluding diaryl/α,β-unsaturated/α-hetero) is 1. The Morgan fingerprint density at radius 2 is 1.67 bits per heavy atom. The van der Waals surface area contributed by atoms with Crippen LogP contribution < -0.4 is 8.92 Å². The van der Waals surface area contributed by atoms with Crippen LogP contribution in [0.2, 0.25) is 0 Å². The third kappa shape index (κ3) is 3.61. The molecule has 0 saturated carbocycles. The summed E-state index contributed by atoms with van der Waals surface area (Å²) < 4.78 is 34.5. The van der Waals surface area contributed by atoms with E-state index in [2.05, 4.69) is 0 Å². The fraction of sp³-hybridized carbons (Fsp3) is 0.133. The molecule has 0 amide bonds. The molecule has 0 N–H and O–H groups in total. The Bertz CT molecular complexity index is 765. The summed E-state index contributed by atoms with van der Waals surface area (Å²) in [5.74, 6) is 0.413. The quantitative estimate of drug-likeness (QED) is 0.627. The Morgan fingerprint density at radius 3 is 2.33 bits per heavy atom. The molecule has 0 aliphatic heterocycles. The van der Waals surface area contributed by atoms with Crippen molar-refractivity contribution in [3.63, 3.8) is 0 Å². The molecule has 6 heteroatoms. The van der Waals surface area contributed by atoms with Gasteiger partial charge in [-0.25, -0.2) is 0 Å². The minimum Gasteiger partial charge on any atom is -0.497 e. The predicted molar refractivity (Wildman–Crippen MR) is 77.3 cm³/mol. The molecule has 2 aromatic carbocycles. The number of carbonyl (C=O) groups excluding carboxylic acids is 1. The first-order valence-corrected chi connectivity index (χ1v) is 7.53. The topological polar surface area (TPSA) is 69.7 Å². The molecule has 0 atom stereocenters. The maximum Gasteiger partial charge on any atom is 0.339 e. The van der Waals surface area contributed by atoms with Gasteiger partial charge in [0.05, 0.1) is 7.11 Å². The zero-order valence-corrected chi connectivity index (χ0v) is 12.4. The van der Waals surface area contributed by atoms with Crippen LogP contribution in [0, 0.1) is 0 Å². The summed E-state index contributed by atoms with van der Waals surface area (Å²) in [6.45, 7) is 1.37. The number of rotatable bonds is 5. The van der Waals surface area contributed by atoms with Crippen LogP contribution in [-0.2, 0) is 10.1 Å². The molecule has 2 rings (SSSR count). The number of benzene rings is 2. The first-order valence-electron chi connectivity index (χ1n) is 6.12. The molecule has 0 unspecified atom stereocenters. The fourth-order valence-corrected chi connectivity index (χ4v) is 2.67. The summed E-state index contributed by atoms with van der Waals surface area (Å²) in [4.78, 5) is 11.2. The minimum atomic E-state index is -4.00. The first-order chi connectivity index (χ1) is 9.92. The number of methoxy groups -OCH3 is 1. The molecule has 21 heavy (non-hydrogen) atoms. The second-order valence-electron chi connectivity index (χ2n) is 4.30. The van der Waals surface area contributed by atoms with Crippen LogP contribution in [0.15, 0.2) is 53.4 Å². The molecule has 0 bridgehead atoms. The van der Waals surface area contributed by atoms with Crippen LogP contribution >= 0.6 is 0 Å². The number of ketones is 1. The molecule has 0 radical (unpaired) electrons. The maximum absolute atomic E-state index is 12.2. The zero-order valence-electron chi connectivity index (χ0n) is 11.6. The van der Waals surface area contributed by atoms with Gasteiger partial charge < -0.3 is 8.92 Å². The van der Waals surface area contributed by atoms with E-state index in [0.29, 0.717) is 11.3 Å². The van der Waals surface area contributed by atoms with Gasteiger partial charge in [0.2, 0.25) is 0 Å². The number of carbonyl (C=O) groups is 1. The van der Waals surface area contributed by atoms with E-state index in [1.54, 1.807) is 18.2 Å². The lowest BCUT2D eigenvalue weighted by Gasteiger charge is -2.08. The molecule has 0 spiro atoms. The highest BCUT2D eigenvalue weighted by Crippen LogP contribution is 2.23. The molecule has 5 nitrogen and oxygen atoms in total. The third-order valence-electron chi connectivity index (χ3n) is 2.78. The molecular formula is C15H14O5S. The van der Waals surface area contributed by atoms with Gasteiger partial charge in [-0.1, -0.05) is 18.2 Å². The van der Waals surface area contributed by atoms with Crippen molar-refractivity contribution in [2.75, 3.05) is 7.11 Å². The van der Waals surface area contributed by atoms with E-state index in [4.69, 9.17) is 8.92 Å². The summed E-state index contributed by atoms with van der Waals surface area (Å²) in [5, 5.41) is 0. The summed E-state index contributed by atoms with van der Waals surface area (Å²) in [5.41, 5.74) is 0.310. The van der Waals surface area contributed by atoms with Crippen molar-refractivity contribution in [2.24, 2.45) is 0 Å². The summed E-state index contributed by atoms with van der Waals surface area (Å²) in [6.07, 6.45) is 0. The average Bonchev–Trinajstić information content (AvgIpc) is 2.47. The van der Waals surface area contributed by atoms with Gasteiger partial charge in [0, 0.05) is 11.6 Å². The van der Waals surface area contributed by atoms with Crippen LogP contribution in [0.25, 0.3) is 0 Å². The Hall–Kier alpha value is -2.34. The third-order valence-corrected chi connectivity index (χ3v) is 4.02. The number of hydrogen-bond acceptors (Lipinski definition) is 5. The van der Waals surface area contributed by atoms with E-state index < -0.39 is 10.1 Å². The lowest BCUT2D eigenvalue weighted by Crippen LogP contribution is -2.10. The van der Waals surface area contributed by atoms with Crippen LogP contribution in [-0.4, -0.2) is 21.3 Å². The number of ether oxygens (including phenoxy) is 1. The van der Waals surface area contributed by atoms with E-state index in [9.17, 15) is 13.2 Å².